The molecule has 0 radical (unpaired) electrons. The van der Waals surface area contributed by atoms with Crippen LogP contribution in [-0.2, 0) is 6.54 Å². The maximum atomic E-state index is 11.5. The van der Waals surface area contributed by atoms with Crippen LogP contribution in [0.5, 0.6) is 0 Å². The Hall–Kier alpha value is -1.72. The molecule has 0 saturated carbocycles. The number of aromatic nitrogens is 2. The number of aromatic amines is 1. The highest BCUT2D eigenvalue weighted by Crippen LogP contribution is 2.09. The largest absolute Gasteiger partial charge is 0.383 e. The van der Waals surface area contributed by atoms with Gasteiger partial charge in [-0.25, -0.2) is 4.79 Å². The van der Waals surface area contributed by atoms with E-state index in [1.807, 2.05) is 0 Å². The zero-order chi connectivity index (χ0) is 12.1. The minimum atomic E-state index is -0.467. The minimum absolute atomic E-state index is 0.201. The summed E-state index contributed by atoms with van der Waals surface area (Å²) in [6.45, 7) is 4.96. The van der Waals surface area contributed by atoms with Crippen molar-refractivity contribution in [3.63, 3.8) is 0 Å². The van der Waals surface area contributed by atoms with Gasteiger partial charge in [0.05, 0.1) is 0 Å². The minimum Gasteiger partial charge on any atom is -0.383 e. The summed E-state index contributed by atoms with van der Waals surface area (Å²) >= 11 is 0. The van der Waals surface area contributed by atoms with Crippen molar-refractivity contribution in [2.24, 2.45) is 0 Å². The predicted molar refractivity (Wildman–Crippen MR) is 64.8 cm³/mol. The lowest BCUT2D eigenvalue weighted by atomic mass is 10.3. The molecule has 6 nitrogen and oxygen atoms in total. The smallest absolute Gasteiger partial charge is 0.330 e. The number of hydrogen-bond acceptors (Lipinski definition) is 4. The van der Waals surface area contributed by atoms with Gasteiger partial charge in [-0.3, -0.25) is 14.3 Å². The molecule has 6 heteroatoms. The Labute approximate surface area is 93.5 Å². The van der Waals surface area contributed by atoms with E-state index in [-0.39, 0.29) is 11.5 Å². The van der Waals surface area contributed by atoms with Gasteiger partial charge in [-0.2, -0.15) is 0 Å². The van der Waals surface area contributed by atoms with Crippen molar-refractivity contribution in [1.29, 1.82) is 0 Å². The predicted octanol–water partition coefficient (Wildman–Crippen LogP) is 0.351. The van der Waals surface area contributed by atoms with Gasteiger partial charge < -0.3 is 11.1 Å². The number of unbranched alkanes of at least 4 members (excludes halogenated alkanes) is 1. The molecule has 0 saturated heterocycles. The van der Waals surface area contributed by atoms with Crippen LogP contribution in [0.3, 0.4) is 0 Å². The number of nitrogens with zero attached hydrogens (tertiary/aromatic N) is 1. The Morgan fingerprint density at radius 2 is 2.06 bits per heavy atom. The average molecular weight is 226 g/mol. The van der Waals surface area contributed by atoms with Crippen LogP contribution in [0.25, 0.3) is 0 Å². The van der Waals surface area contributed by atoms with E-state index in [1.54, 1.807) is 6.92 Å². The number of hydrogen-bond donors (Lipinski definition) is 3. The van der Waals surface area contributed by atoms with E-state index in [1.165, 1.54) is 4.57 Å². The molecule has 0 aliphatic carbocycles. The van der Waals surface area contributed by atoms with Gasteiger partial charge in [-0.15, -0.1) is 0 Å². The second kappa shape index (κ2) is 5.39. The van der Waals surface area contributed by atoms with Crippen LogP contribution >= 0.6 is 0 Å². The molecule has 1 heterocycles. The maximum Gasteiger partial charge on any atom is 0.330 e. The first-order valence-electron chi connectivity index (χ1n) is 5.48. The van der Waals surface area contributed by atoms with Gasteiger partial charge in [0.2, 0.25) is 0 Å². The van der Waals surface area contributed by atoms with Crippen LogP contribution in [0.15, 0.2) is 9.59 Å². The van der Waals surface area contributed by atoms with Gasteiger partial charge in [0.1, 0.15) is 11.5 Å². The summed E-state index contributed by atoms with van der Waals surface area (Å²) in [5.41, 5.74) is 5.12. The zero-order valence-corrected chi connectivity index (χ0v) is 9.67. The first-order chi connectivity index (χ1) is 7.61. The number of anilines is 2. The Kier molecular flexibility index (Phi) is 4.16. The fourth-order valence-electron chi connectivity index (χ4n) is 1.46. The highest BCUT2D eigenvalue weighted by Gasteiger charge is 2.09. The molecule has 0 amide bonds. The van der Waals surface area contributed by atoms with Gasteiger partial charge in [0, 0.05) is 13.1 Å². The van der Waals surface area contributed by atoms with Crippen molar-refractivity contribution in [3.8, 4) is 0 Å². The Morgan fingerprint density at radius 3 is 2.62 bits per heavy atom. The van der Waals surface area contributed by atoms with Crippen LogP contribution < -0.4 is 22.3 Å². The number of rotatable bonds is 5. The summed E-state index contributed by atoms with van der Waals surface area (Å²) in [6.07, 6.45) is 1.97. The molecular weight excluding hydrogens is 208 g/mol. The summed E-state index contributed by atoms with van der Waals surface area (Å²) in [5.74, 6) is 0.201. The molecule has 16 heavy (non-hydrogen) atoms. The number of nitrogens with one attached hydrogen (secondary N) is 2. The molecule has 0 aliphatic heterocycles. The van der Waals surface area contributed by atoms with Crippen molar-refractivity contribution in [3.05, 3.63) is 20.8 Å². The fourth-order valence-corrected chi connectivity index (χ4v) is 1.46. The second-order valence-electron chi connectivity index (χ2n) is 3.54. The van der Waals surface area contributed by atoms with Crippen molar-refractivity contribution in [2.75, 3.05) is 17.6 Å². The molecule has 1 aromatic heterocycles. The maximum absolute atomic E-state index is 11.5. The Morgan fingerprint density at radius 1 is 1.38 bits per heavy atom. The highest BCUT2D eigenvalue weighted by molar-refractivity contribution is 5.60. The summed E-state index contributed by atoms with van der Waals surface area (Å²) in [4.78, 5) is 25.1. The topological polar surface area (TPSA) is 92.9 Å². The molecule has 0 bridgehead atoms. The Balaban J connectivity index is 3.08. The third kappa shape index (κ3) is 2.44. The molecule has 0 aromatic carbocycles. The molecule has 0 spiro atoms. The van der Waals surface area contributed by atoms with Crippen molar-refractivity contribution in [2.45, 2.75) is 33.2 Å². The highest BCUT2D eigenvalue weighted by atomic mass is 16.2. The molecular formula is C10H18N4O2. The van der Waals surface area contributed by atoms with E-state index < -0.39 is 11.2 Å². The quantitative estimate of drug-likeness (QED) is 0.632. The first kappa shape index (κ1) is 12.4. The zero-order valence-electron chi connectivity index (χ0n) is 9.67. The van der Waals surface area contributed by atoms with Crippen LogP contribution in [0.4, 0.5) is 11.5 Å². The van der Waals surface area contributed by atoms with E-state index in [0.29, 0.717) is 13.1 Å². The summed E-state index contributed by atoms with van der Waals surface area (Å²) in [7, 11) is 0. The van der Waals surface area contributed by atoms with Crippen LogP contribution in [0.2, 0.25) is 0 Å². The lowest BCUT2D eigenvalue weighted by Gasteiger charge is -2.11. The Bertz CT molecular complexity index is 461. The molecule has 0 atom stereocenters. The van der Waals surface area contributed by atoms with Gasteiger partial charge in [0.25, 0.3) is 5.56 Å². The van der Waals surface area contributed by atoms with Gasteiger partial charge >= 0.3 is 5.69 Å². The van der Waals surface area contributed by atoms with E-state index in [4.69, 9.17) is 5.73 Å². The van der Waals surface area contributed by atoms with Crippen molar-refractivity contribution >= 4 is 11.5 Å². The standard InChI is InChI=1S/C10H18N4O2/c1-3-5-6-12-7-8(11)14(4-2)10(16)13-9(7)15/h12H,3-6,11H2,1-2H3,(H,13,15,16). The van der Waals surface area contributed by atoms with Crippen LogP contribution in [-0.4, -0.2) is 16.1 Å². The third-order valence-electron chi connectivity index (χ3n) is 2.39. The fraction of sp³-hybridized carbons (Fsp3) is 0.600. The SMILES string of the molecule is CCCCNc1c(N)n(CC)c(=O)[nH]c1=O. The van der Waals surface area contributed by atoms with E-state index in [0.717, 1.165) is 12.8 Å². The number of H-pyrrole nitrogens is 1. The van der Waals surface area contributed by atoms with Gasteiger partial charge in [-0.05, 0) is 13.3 Å². The summed E-state index contributed by atoms with van der Waals surface area (Å²) in [6, 6.07) is 0. The van der Waals surface area contributed by atoms with Gasteiger partial charge in [0.15, 0.2) is 0 Å². The van der Waals surface area contributed by atoms with E-state index in [2.05, 4.69) is 17.2 Å². The molecule has 4 N–H and O–H groups in total. The van der Waals surface area contributed by atoms with E-state index >= 15 is 0 Å². The van der Waals surface area contributed by atoms with E-state index in [9.17, 15) is 9.59 Å². The molecule has 0 unspecified atom stereocenters. The molecule has 1 rings (SSSR count). The lowest BCUT2D eigenvalue weighted by Crippen LogP contribution is -2.33. The van der Waals surface area contributed by atoms with Crippen molar-refractivity contribution < 1.29 is 0 Å². The lowest BCUT2D eigenvalue weighted by molar-refractivity contribution is 0.705. The number of nitrogen functional groups attached to an aromatic ring is 1. The molecule has 90 valence electrons. The third-order valence-corrected chi connectivity index (χ3v) is 2.39. The molecule has 0 fully saturated rings. The van der Waals surface area contributed by atoms with Crippen LogP contribution in [0, 0.1) is 0 Å². The normalized spacial score (nSPS) is 10.4. The van der Waals surface area contributed by atoms with Crippen LogP contribution in [0.1, 0.15) is 26.7 Å². The summed E-state index contributed by atoms with van der Waals surface area (Å²) in [5, 5.41) is 2.96. The first-order valence-corrected chi connectivity index (χ1v) is 5.48. The monoisotopic (exact) mass is 226 g/mol. The second-order valence-corrected chi connectivity index (χ2v) is 3.54. The average Bonchev–Trinajstić information content (AvgIpc) is 2.23. The van der Waals surface area contributed by atoms with Gasteiger partial charge in [-0.1, -0.05) is 13.3 Å². The molecule has 0 aliphatic rings. The number of nitrogens with two attached hydrogens (primary N) is 1. The summed E-state index contributed by atoms with van der Waals surface area (Å²) < 4.78 is 1.33. The van der Waals surface area contributed by atoms with Crippen molar-refractivity contribution in [1.82, 2.24) is 9.55 Å². The molecule has 1 aromatic rings.